The second-order valence-electron chi connectivity index (χ2n) is 22.8. The molecule has 0 heterocycles. The van der Waals surface area contributed by atoms with Gasteiger partial charge in [0.2, 0.25) is 0 Å². The molecule has 0 fully saturated rings. The van der Waals surface area contributed by atoms with Gasteiger partial charge in [-0.3, -0.25) is 14.2 Å². The van der Waals surface area contributed by atoms with E-state index in [-0.39, 0.29) is 32.0 Å². The third kappa shape index (κ3) is 59.5. The fourth-order valence-electron chi connectivity index (χ4n) is 9.21. The lowest BCUT2D eigenvalue weighted by Gasteiger charge is -2.28. The van der Waals surface area contributed by atoms with Crippen LogP contribution in [0.5, 0.6) is 0 Å². The van der Waals surface area contributed by atoms with Crippen molar-refractivity contribution >= 4 is 19.8 Å². The smallest absolute Gasteiger partial charge is 0.306 e. The molecule has 0 aromatic carbocycles. The molecule has 0 aromatic heterocycles. The van der Waals surface area contributed by atoms with Gasteiger partial charge in [-0.1, -0.05) is 262 Å². The van der Waals surface area contributed by atoms with Crippen molar-refractivity contribution in [1.29, 1.82) is 0 Å². The Labute approximate surface area is 459 Å². The number of likely N-dealkylation sites (N-methyl/N-ethyl adjacent to an activating group) is 1. The molecule has 0 aliphatic carbocycles. The SMILES string of the molecule is CCCCCCC/C=C\C/C=C\CCCCCCCCCCCC(=O)OC(COC(=O)CCCCCCCCCCCCCCCCCCC/C=C\CCCCCCCCCC)COP(=O)([O-])OCC[N+](C)(C)C. The fraction of sp³-hybridized carbons (Fsp3) is 0.875. The number of allylic oxidation sites excluding steroid dienone is 6. The summed E-state index contributed by atoms with van der Waals surface area (Å²) in [4.78, 5) is 37.9. The van der Waals surface area contributed by atoms with Crippen LogP contribution < -0.4 is 4.89 Å². The first kappa shape index (κ1) is 72.2. The van der Waals surface area contributed by atoms with Crippen molar-refractivity contribution < 1.29 is 42.1 Å². The number of rotatable bonds is 59. The van der Waals surface area contributed by atoms with E-state index in [1.54, 1.807) is 0 Å². The van der Waals surface area contributed by atoms with Crippen molar-refractivity contribution in [3.05, 3.63) is 36.5 Å². The highest BCUT2D eigenvalue weighted by Crippen LogP contribution is 2.38. The predicted octanol–water partition coefficient (Wildman–Crippen LogP) is 19.3. The highest BCUT2D eigenvalue weighted by Gasteiger charge is 2.22. The zero-order valence-electron chi connectivity index (χ0n) is 49.6. The Bertz CT molecular complexity index is 1340. The summed E-state index contributed by atoms with van der Waals surface area (Å²) in [7, 11) is 1.17. The summed E-state index contributed by atoms with van der Waals surface area (Å²) >= 11 is 0. The Morgan fingerprint density at radius 2 is 0.730 bits per heavy atom. The zero-order valence-corrected chi connectivity index (χ0v) is 50.5. The summed E-state index contributed by atoms with van der Waals surface area (Å²) in [5.41, 5.74) is 0. The number of carbonyl (C=O) groups is 2. The fourth-order valence-corrected chi connectivity index (χ4v) is 9.94. The van der Waals surface area contributed by atoms with Gasteiger partial charge in [-0.25, -0.2) is 0 Å². The number of phosphoric acid groups is 1. The van der Waals surface area contributed by atoms with Gasteiger partial charge in [-0.05, 0) is 70.6 Å². The highest BCUT2D eigenvalue weighted by molar-refractivity contribution is 7.45. The van der Waals surface area contributed by atoms with Crippen LogP contribution in [-0.2, 0) is 32.7 Å². The minimum absolute atomic E-state index is 0.0303. The van der Waals surface area contributed by atoms with Crippen molar-refractivity contribution in [3.63, 3.8) is 0 Å². The minimum Gasteiger partial charge on any atom is -0.756 e. The maximum Gasteiger partial charge on any atom is 0.306 e. The van der Waals surface area contributed by atoms with E-state index >= 15 is 0 Å². The van der Waals surface area contributed by atoms with Crippen LogP contribution in [0.2, 0.25) is 0 Å². The molecule has 0 bridgehead atoms. The molecule has 74 heavy (non-hydrogen) atoms. The van der Waals surface area contributed by atoms with Crippen molar-refractivity contribution in [2.24, 2.45) is 0 Å². The van der Waals surface area contributed by atoms with E-state index in [1.807, 2.05) is 21.1 Å². The standard InChI is InChI=1S/C64H122NO8P/c1-6-8-10-12-14-16-18-20-22-24-26-28-29-30-31-32-33-34-35-37-38-40-42-44-46-48-50-52-54-56-63(66)70-60-62(61-72-74(68,69)71-59-58-65(3,4)5)73-64(67)57-55-53-51-49-47-45-43-41-39-36-27-25-23-21-19-17-15-13-11-9-7-2/h19,21,24-27,62H,6-18,20,22-23,28-61H2,1-5H3/b21-19-,26-24-,27-25-. The molecule has 0 saturated carbocycles. The molecule has 0 spiro atoms. The maximum atomic E-state index is 12.8. The van der Waals surface area contributed by atoms with E-state index in [1.165, 1.54) is 225 Å². The van der Waals surface area contributed by atoms with E-state index in [9.17, 15) is 19.0 Å². The molecule has 2 unspecified atom stereocenters. The number of esters is 2. The van der Waals surface area contributed by atoms with Crippen LogP contribution in [0.3, 0.4) is 0 Å². The molecular formula is C64H122NO8P. The Morgan fingerprint density at radius 3 is 1.08 bits per heavy atom. The van der Waals surface area contributed by atoms with Crippen molar-refractivity contribution in [2.75, 3.05) is 47.5 Å². The van der Waals surface area contributed by atoms with Gasteiger partial charge in [0.1, 0.15) is 19.8 Å². The number of nitrogens with zero attached hydrogens (tertiary/aromatic N) is 1. The van der Waals surface area contributed by atoms with Gasteiger partial charge in [0.25, 0.3) is 7.82 Å². The summed E-state index contributed by atoms with van der Waals surface area (Å²) in [5.74, 6) is -0.823. The monoisotopic (exact) mass is 1060 g/mol. The molecule has 436 valence electrons. The lowest BCUT2D eigenvalue weighted by atomic mass is 10.0. The van der Waals surface area contributed by atoms with Crippen LogP contribution in [-0.4, -0.2) is 70.0 Å². The molecule has 0 rings (SSSR count). The molecular weight excluding hydrogens is 942 g/mol. The van der Waals surface area contributed by atoms with Gasteiger partial charge in [0.15, 0.2) is 6.10 Å². The van der Waals surface area contributed by atoms with Crippen molar-refractivity contribution in [3.8, 4) is 0 Å². The quantitative estimate of drug-likeness (QED) is 0.0195. The lowest BCUT2D eigenvalue weighted by Crippen LogP contribution is -2.37. The van der Waals surface area contributed by atoms with Gasteiger partial charge in [-0.15, -0.1) is 0 Å². The van der Waals surface area contributed by atoms with Crippen molar-refractivity contribution in [2.45, 2.75) is 315 Å². The highest BCUT2D eigenvalue weighted by atomic mass is 31.2. The molecule has 0 aromatic rings. The number of carbonyl (C=O) groups excluding carboxylic acids is 2. The molecule has 0 saturated heterocycles. The number of phosphoric ester groups is 1. The third-order valence-corrected chi connectivity index (χ3v) is 15.1. The number of ether oxygens (including phenoxy) is 2. The first-order chi connectivity index (χ1) is 36.0. The Kier molecular flexibility index (Phi) is 54.6. The molecule has 2 atom stereocenters. The molecule has 0 radical (unpaired) electrons. The topological polar surface area (TPSA) is 111 Å². The Morgan fingerprint density at radius 1 is 0.419 bits per heavy atom. The summed E-state index contributed by atoms with van der Waals surface area (Å²) in [6.45, 7) is 4.27. The van der Waals surface area contributed by atoms with Gasteiger partial charge in [0.05, 0.1) is 27.7 Å². The first-order valence-electron chi connectivity index (χ1n) is 31.7. The number of unbranched alkanes of at least 4 members (excludes halogenated alkanes) is 39. The van der Waals surface area contributed by atoms with Crippen LogP contribution in [0.1, 0.15) is 309 Å². The molecule has 9 nitrogen and oxygen atoms in total. The Balaban J connectivity index is 4.06. The van der Waals surface area contributed by atoms with Crippen LogP contribution in [0.15, 0.2) is 36.5 Å². The predicted molar refractivity (Wildman–Crippen MR) is 314 cm³/mol. The average molecular weight is 1060 g/mol. The molecule has 0 N–H and O–H groups in total. The van der Waals surface area contributed by atoms with Gasteiger partial charge >= 0.3 is 11.9 Å². The van der Waals surface area contributed by atoms with E-state index < -0.39 is 26.5 Å². The minimum atomic E-state index is -4.64. The van der Waals surface area contributed by atoms with E-state index in [4.69, 9.17) is 18.5 Å². The molecule has 0 aliphatic heterocycles. The first-order valence-corrected chi connectivity index (χ1v) is 33.2. The molecule has 0 amide bonds. The third-order valence-electron chi connectivity index (χ3n) is 14.1. The van der Waals surface area contributed by atoms with E-state index in [2.05, 4.69) is 50.3 Å². The lowest BCUT2D eigenvalue weighted by molar-refractivity contribution is -0.870. The van der Waals surface area contributed by atoms with Crippen LogP contribution in [0.25, 0.3) is 0 Å². The zero-order chi connectivity index (χ0) is 54.2. The van der Waals surface area contributed by atoms with Crippen LogP contribution >= 0.6 is 7.82 Å². The van der Waals surface area contributed by atoms with Gasteiger partial charge in [0, 0.05) is 12.8 Å². The van der Waals surface area contributed by atoms with Crippen LogP contribution in [0.4, 0.5) is 0 Å². The summed E-state index contributed by atoms with van der Waals surface area (Å²) in [6.07, 6.45) is 69.2. The Hall–Kier alpha value is -1.77. The van der Waals surface area contributed by atoms with Gasteiger partial charge < -0.3 is 27.9 Å². The van der Waals surface area contributed by atoms with Crippen molar-refractivity contribution in [1.82, 2.24) is 0 Å². The maximum absolute atomic E-state index is 12.8. The summed E-state index contributed by atoms with van der Waals surface area (Å²) < 4.78 is 34.2. The van der Waals surface area contributed by atoms with Gasteiger partial charge in [-0.2, -0.15) is 0 Å². The largest absolute Gasteiger partial charge is 0.756 e. The number of quaternary nitrogens is 1. The number of hydrogen-bond acceptors (Lipinski definition) is 8. The molecule has 10 heteroatoms. The number of hydrogen-bond donors (Lipinski definition) is 0. The second-order valence-corrected chi connectivity index (χ2v) is 24.2. The average Bonchev–Trinajstić information content (AvgIpc) is 3.36. The normalized spacial score (nSPS) is 13.4. The molecule has 0 aliphatic rings. The van der Waals surface area contributed by atoms with E-state index in [0.29, 0.717) is 17.4 Å². The van der Waals surface area contributed by atoms with Crippen LogP contribution in [0, 0.1) is 0 Å². The summed E-state index contributed by atoms with van der Waals surface area (Å²) in [6, 6.07) is 0. The van der Waals surface area contributed by atoms with E-state index in [0.717, 1.165) is 51.4 Å². The summed E-state index contributed by atoms with van der Waals surface area (Å²) in [5, 5.41) is 0. The second kappa shape index (κ2) is 56.0.